The highest BCUT2D eigenvalue weighted by molar-refractivity contribution is 6.08. The molecule has 1 aliphatic heterocycles. The van der Waals surface area contributed by atoms with Crippen molar-refractivity contribution in [1.29, 1.82) is 0 Å². The van der Waals surface area contributed by atoms with E-state index in [4.69, 9.17) is 0 Å². The lowest BCUT2D eigenvalue weighted by Gasteiger charge is -2.19. The van der Waals surface area contributed by atoms with Gasteiger partial charge in [-0.05, 0) is 31.0 Å². The number of carbonyl (C=O) groups is 3. The van der Waals surface area contributed by atoms with Crippen LogP contribution in [0.2, 0.25) is 0 Å². The fourth-order valence-corrected chi connectivity index (χ4v) is 3.85. The van der Waals surface area contributed by atoms with Crippen molar-refractivity contribution in [2.45, 2.75) is 25.7 Å². The van der Waals surface area contributed by atoms with Crippen LogP contribution in [-0.4, -0.2) is 34.2 Å². The second kappa shape index (κ2) is 6.27. The molecular formula is C19H19N3O3. The molecule has 4 rings (SSSR count). The molecule has 1 N–H and O–H groups in total. The molecule has 0 radical (unpaired) electrons. The molecule has 6 heteroatoms. The van der Waals surface area contributed by atoms with Crippen LogP contribution in [0.1, 0.15) is 25.7 Å². The van der Waals surface area contributed by atoms with E-state index in [0.717, 1.165) is 41.5 Å². The average molecular weight is 337 g/mol. The van der Waals surface area contributed by atoms with Crippen molar-refractivity contribution < 1.29 is 14.4 Å². The van der Waals surface area contributed by atoms with Crippen molar-refractivity contribution >= 4 is 34.4 Å². The van der Waals surface area contributed by atoms with Crippen molar-refractivity contribution in [3.05, 3.63) is 36.4 Å². The number of likely N-dealkylation sites (tertiary alicyclic amines) is 1. The summed E-state index contributed by atoms with van der Waals surface area (Å²) in [6.07, 6.45) is 3.45. The third kappa shape index (κ3) is 2.88. The minimum atomic E-state index is -0.400. The minimum Gasteiger partial charge on any atom is -0.309 e. The van der Waals surface area contributed by atoms with Gasteiger partial charge in [0.15, 0.2) is 0 Å². The third-order valence-electron chi connectivity index (χ3n) is 5.10. The second-order valence-corrected chi connectivity index (χ2v) is 6.70. The summed E-state index contributed by atoms with van der Waals surface area (Å²) in [7, 11) is 0. The first-order valence-electron chi connectivity index (χ1n) is 8.64. The van der Waals surface area contributed by atoms with Crippen LogP contribution in [0.25, 0.3) is 10.9 Å². The number of nitrogens with zero attached hydrogens (tertiary/aromatic N) is 2. The van der Waals surface area contributed by atoms with Gasteiger partial charge in [0.1, 0.15) is 12.4 Å². The van der Waals surface area contributed by atoms with E-state index in [1.807, 2.05) is 30.3 Å². The van der Waals surface area contributed by atoms with Crippen LogP contribution >= 0.6 is 0 Å². The summed E-state index contributed by atoms with van der Waals surface area (Å²) in [6.45, 7) is -0.237. The first kappa shape index (κ1) is 15.7. The molecule has 2 aromatic rings. The first-order chi connectivity index (χ1) is 12.1. The Morgan fingerprint density at radius 2 is 1.72 bits per heavy atom. The smallest absolute Gasteiger partial charge is 0.245 e. The van der Waals surface area contributed by atoms with E-state index in [1.165, 1.54) is 0 Å². The van der Waals surface area contributed by atoms with E-state index in [9.17, 15) is 14.4 Å². The fourth-order valence-electron chi connectivity index (χ4n) is 3.85. The van der Waals surface area contributed by atoms with Crippen molar-refractivity contribution in [3.63, 3.8) is 0 Å². The molecule has 2 heterocycles. The topological polar surface area (TPSA) is 79.4 Å². The van der Waals surface area contributed by atoms with E-state index < -0.39 is 5.91 Å². The fraction of sp³-hybridized carbons (Fsp3) is 0.368. The number of benzene rings is 1. The SMILES string of the molecule is O=C(CN1C(=O)[C@@H]2CCCC[C@H]2C1=O)Nc1ccc2ccccc2n1. The van der Waals surface area contributed by atoms with Gasteiger partial charge in [0.05, 0.1) is 17.4 Å². The van der Waals surface area contributed by atoms with Gasteiger partial charge in [-0.25, -0.2) is 4.98 Å². The van der Waals surface area contributed by atoms with Gasteiger partial charge in [-0.2, -0.15) is 0 Å². The molecular weight excluding hydrogens is 318 g/mol. The maximum Gasteiger partial charge on any atom is 0.245 e. The Labute approximate surface area is 145 Å². The van der Waals surface area contributed by atoms with Gasteiger partial charge in [0.2, 0.25) is 17.7 Å². The molecule has 0 spiro atoms. The zero-order valence-electron chi connectivity index (χ0n) is 13.8. The Kier molecular flexibility index (Phi) is 3.95. The van der Waals surface area contributed by atoms with Gasteiger partial charge in [-0.3, -0.25) is 19.3 Å². The number of carbonyl (C=O) groups excluding carboxylic acids is 3. The maximum absolute atomic E-state index is 12.4. The number of para-hydroxylation sites is 1. The molecule has 2 atom stereocenters. The van der Waals surface area contributed by atoms with Crippen LogP contribution in [0, 0.1) is 11.8 Å². The summed E-state index contributed by atoms with van der Waals surface area (Å²) in [4.78, 5) is 42.7. The number of aromatic nitrogens is 1. The number of imide groups is 1. The molecule has 0 bridgehead atoms. The van der Waals surface area contributed by atoms with Gasteiger partial charge in [-0.1, -0.05) is 31.0 Å². The second-order valence-electron chi connectivity index (χ2n) is 6.70. The number of nitrogens with one attached hydrogen (secondary N) is 1. The van der Waals surface area contributed by atoms with Gasteiger partial charge >= 0.3 is 0 Å². The quantitative estimate of drug-likeness (QED) is 0.872. The van der Waals surface area contributed by atoms with E-state index in [-0.39, 0.29) is 30.2 Å². The predicted octanol–water partition coefficient (Wildman–Crippen LogP) is 2.35. The summed E-state index contributed by atoms with van der Waals surface area (Å²) in [5.74, 6) is -0.836. The molecule has 2 fully saturated rings. The summed E-state index contributed by atoms with van der Waals surface area (Å²) in [5, 5.41) is 3.67. The van der Waals surface area contributed by atoms with Crippen LogP contribution < -0.4 is 5.32 Å². The van der Waals surface area contributed by atoms with Crippen LogP contribution in [0.3, 0.4) is 0 Å². The molecule has 6 nitrogen and oxygen atoms in total. The Bertz CT molecular complexity index is 840. The van der Waals surface area contributed by atoms with Gasteiger partial charge in [0.25, 0.3) is 0 Å². The Balaban J connectivity index is 1.46. The number of rotatable bonds is 3. The number of fused-ring (bicyclic) bond motifs is 2. The van der Waals surface area contributed by atoms with Gasteiger partial charge < -0.3 is 5.32 Å². The van der Waals surface area contributed by atoms with E-state index in [1.54, 1.807) is 6.07 Å². The summed E-state index contributed by atoms with van der Waals surface area (Å²) >= 11 is 0. The lowest BCUT2D eigenvalue weighted by molar-refractivity contribution is -0.142. The number of pyridine rings is 1. The lowest BCUT2D eigenvalue weighted by atomic mass is 9.81. The molecule has 1 saturated carbocycles. The number of amides is 3. The average Bonchev–Trinajstić information content (AvgIpc) is 2.87. The molecule has 128 valence electrons. The largest absolute Gasteiger partial charge is 0.309 e. The number of hydrogen-bond donors (Lipinski definition) is 1. The Morgan fingerprint density at radius 1 is 1.04 bits per heavy atom. The van der Waals surface area contributed by atoms with Crippen LogP contribution in [0.15, 0.2) is 36.4 Å². The highest BCUT2D eigenvalue weighted by Crippen LogP contribution is 2.37. The normalized spacial score (nSPS) is 23.0. The molecule has 3 amide bonds. The maximum atomic E-state index is 12.4. The summed E-state index contributed by atoms with van der Waals surface area (Å²) < 4.78 is 0. The molecule has 25 heavy (non-hydrogen) atoms. The lowest BCUT2D eigenvalue weighted by Crippen LogP contribution is -2.38. The summed E-state index contributed by atoms with van der Waals surface area (Å²) in [6, 6.07) is 11.2. The number of hydrogen-bond acceptors (Lipinski definition) is 4. The van der Waals surface area contributed by atoms with Crippen LogP contribution in [-0.2, 0) is 14.4 Å². The summed E-state index contributed by atoms with van der Waals surface area (Å²) in [5.41, 5.74) is 0.777. The third-order valence-corrected chi connectivity index (χ3v) is 5.10. The molecule has 2 aliphatic rings. The zero-order chi connectivity index (χ0) is 17.4. The molecule has 1 saturated heterocycles. The van der Waals surface area contributed by atoms with Crippen LogP contribution in [0.4, 0.5) is 5.82 Å². The first-order valence-corrected chi connectivity index (χ1v) is 8.64. The number of anilines is 1. The molecule has 1 aromatic heterocycles. The molecule has 0 unspecified atom stereocenters. The van der Waals surface area contributed by atoms with E-state index in [2.05, 4.69) is 10.3 Å². The van der Waals surface area contributed by atoms with Crippen molar-refractivity contribution in [3.8, 4) is 0 Å². The van der Waals surface area contributed by atoms with Gasteiger partial charge in [0, 0.05) is 5.39 Å². The monoisotopic (exact) mass is 337 g/mol. The molecule has 1 aliphatic carbocycles. The predicted molar refractivity (Wildman–Crippen MR) is 92.5 cm³/mol. The Morgan fingerprint density at radius 3 is 2.44 bits per heavy atom. The van der Waals surface area contributed by atoms with E-state index >= 15 is 0 Å². The van der Waals surface area contributed by atoms with E-state index in [0.29, 0.717) is 5.82 Å². The van der Waals surface area contributed by atoms with Crippen molar-refractivity contribution in [1.82, 2.24) is 9.88 Å². The van der Waals surface area contributed by atoms with Gasteiger partial charge in [-0.15, -0.1) is 0 Å². The van der Waals surface area contributed by atoms with Crippen LogP contribution in [0.5, 0.6) is 0 Å². The highest BCUT2D eigenvalue weighted by Gasteiger charge is 2.48. The zero-order valence-corrected chi connectivity index (χ0v) is 13.8. The standard InChI is InChI=1S/C19H19N3O3/c23-17(21-16-10-9-12-5-1-4-8-15(12)20-16)11-22-18(24)13-6-2-3-7-14(13)19(22)25/h1,4-5,8-10,13-14H,2-3,6-7,11H2,(H,20,21,23)/t13-,14-/m1/s1. The minimum absolute atomic E-state index is 0.198. The Hall–Kier alpha value is -2.76. The van der Waals surface area contributed by atoms with Crippen molar-refractivity contribution in [2.75, 3.05) is 11.9 Å². The molecule has 1 aromatic carbocycles. The highest BCUT2D eigenvalue weighted by atomic mass is 16.2. The van der Waals surface area contributed by atoms with Crippen molar-refractivity contribution in [2.24, 2.45) is 11.8 Å².